The van der Waals surface area contributed by atoms with Crippen LogP contribution < -0.4 is 5.32 Å². The Kier molecular flexibility index (Phi) is 6.25. The van der Waals surface area contributed by atoms with E-state index in [4.69, 9.17) is 11.6 Å². The molecular weight excluding hydrogens is 382 g/mol. The Morgan fingerprint density at radius 1 is 1.24 bits per heavy atom. The average molecular weight is 404 g/mol. The highest BCUT2D eigenvalue weighted by Gasteiger charge is 2.34. The number of nitrogens with zero attached hydrogens (tertiary/aromatic N) is 2. The summed E-state index contributed by atoms with van der Waals surface area (Å²) in [6, 6.07) is 3.29. The van der Waals surface area contributed by atoms with Gasteiger partial charge in [-0.05, 0) is 49.3 Å². The number of aromatic nitrogens is 1. The van der Waals surface area contributed by atoms with Crippen LogP contribution in [0.25, 0.3) is 0 Å². The SMILES string of the molecule is O=C(NC1CCSCC1)C1CCN(S(=O)(=O)c2cccnc2Cl)CC1. The van der Waals surface area contributed by atoms with Gasteiger partial charge in [-0.15, -0.1) is 0 Å². The maximum absolute atomic E-state index is 12.7. The van der Waals surface area contributed by atoms with Gasteiger partial charge >= 0.3 is 0 Å². The highest BCUT2D eigenvalue weighted by molar-refractivity contribution is 7.99. The number of piperidine rings is 1. The number of amides is 1. The molecule has 2 fully saturated rings. The van der Waals surface area contributed by atoms with Gasteiger partial charge in [-0.25, -0.2) is 13.4 Å². The first-order valence-corrected chi connectivity index (χ1v) is 11.4. The van der Waals surface area contributed by atoms with Gasteiger partial charge in [0.25, 0.3) is 0 Å². The fourth-order valence-corrected chi connectivity index (χ4v) is 6.23. The Morgan fingerprint density at radius 3 is 2.56 bits per heavy atom. The highest BCUT2D eigenvalue weighted by atomic mass is 35.5. The van der Waals surface area contributed by atoms with Crippen LogP contribution in [0, 0.1) is 5.92 Å². The van der Waals surface area contributed by atoms with Crippen LogP contribution in [-0.2, 0) is 14.8 Å². The third kappa shape index (κ3) is 4.48. The average Bonchev–Trinajstić information content (AvgIpc) is 2.63. The van der Waals surface area contributed by atoms with Crippen LogP contribution in [0.3, 0.4) is 0 Å². The molecule has 25 heavy (non-hydrogen) atoms. The maximum Gasteiger partial charge on any atom is 0.246 e. The number of nitrogens with one attached hydrogen (secondary N) is 1. The molecule has 0 unspecified atom stereocenters. The monoisotopic (exact) mass is 403 g/mol. The Bertz CT molecular complexity index is 715. The lowest BCUT2D eigenvalue weighted by molar-refractivity contribution is -0.126. The van der Waals surface area contributed by atoms with Crippen LogP contribution in [0.15, 0.2) is 23.2 Å². The molecule has 1 aromatic rings. The number of halogens is 1. The smallest absolute Gasteiger partial charge is 0.246 e. The molecule has 0 saturated carbocycles. The van der Waals surface area contributed by atoms with Crippen molar-refractivity contribution >= 4 is 39.3 Å². The molecular formula is C16H22ClN3O3S2. The van der Waals surface area contributed by atoms with E-state index in [9.17, 15) is 13.2 Å². The lowest BCUT2D eigenvalue weighted by atomic mass is 9.96. The summed E-state index contributed by atoms with van der Waals surface area (Å²) in [5.41, 5.74) is 0. The van der Waals surface area contributed by atoms with Crippen LogP contribution in [0.1, 0.15) is 25.7 Å². The molecule has 0 bridgehead atoms. The fraction of sp³-hybridized carbons (Fsp3) is 0.625. The van der Waals surface area contributed by atoms with E-state index < -0.39 is 10.0 Å². The maximum atomic E-state index is 12.7. The summed E-state index contributed by atoms with van der Waals surface area (Å²) in [5, 5.41) is 3.12. The molecule has 3 heterocycles. The number of hydrogen-bond donors (Lipinski definition) is 1. The van der Waals surface area contributed by atoms with Crippen molar-refractivity contribution < 1.29 is 13.2 Å². The van der Waals surface area contributed by atoms with Gasteiger partial charge in [0, 0.05) is 31.2 Å². The summed E-state index contributed by atoms with van der Waals surface area (Å²) in [6.45, 7) is 0.651. The van der Waals surface area contributed by atoms with E-state index >= 15 is 0 Å². The first-order chi connectivity index (χ1) is 12.0. The minimum atomic E-state index is -3.66. The zero-order valence-electron chi connectivity index (χ0n) is 13.9. The number of rotatable bonds is 4. The summed E-state index contributed by atoms with van der Waals surface area (Å²) in [5.74, 6) is 2.12. The summed E-state index contributed by atoms with van der Waals surface area (Å²) in [6.07, 6.45) is 4.56. The molecule has 2 aliphatic heterocycles. The number of carbonyl (C=O) groups excluding carboxylic acids is 1. The van der Waals surface area contributed by atoms with Crippen LogP contribution in [0.5, 0.6) is 0 Å². The lowest BCUT2D eigenvalue weighted by Crippen LogP contribution is -2.46. The normalized spacial score (nSPS) is 21.2. The fourth-order valence-electron chi connectivity index (χ4n) is 3.22. The number of sulfonamides is 1. The first kappa shape index (κ1) is 18.9. The molecule has 3 rings (SSSR count). The number of pyridine rings is 1. The molecule has 1 N–H and O–H groups in total. The summed E-state index contributed by atoms with van der Waals surface area (Å²) in [7, 11) is -3.66. The Morgan fingerprint density at radius 2 is 1.92 bits per heavy atom. The molecule has 2 aliphatic rings. The number of hydrogen-bond acceptors (Lipinski definition) is 5. The van der Waals surface area contributed by atoms with Crippen LogP contribution >= 0.6 is 23.4 Å². The number of carbonyl (C=O) groups is 1. The van der Waals surface area contributed by atoms with E-state index in [1.54, 1.807) is 6.07 Å². The molecule has 6 nitrogen and oxygen atoms in total. The second-order valence-electron chi connectivity index (χ2n) is 6.37. The van der Waals surface area contributed by atoms with Crippen molar-refractivity contribution in [3.8, 4) is 0 Å². The Balaban J connectivity index is 1.58. The molecule has 2 saturated heterocycles. The van der Waals surface area contributed by atoms with Crippen molar-refractivity contribution in [3.05, 3.63) is 23.5 Å². The van der Waals surface area contributed by atoms with E-state index in [1.807, 2.05) is 11.8 Å². The molecule has 0 spiro atoms. The largest absolute Gasteiger partial charge is 0.353 e. The summed E-state index contributed by atoms with van der Waals surface area (Å²) in [4.78, 5) is 16.3. The predicted molar refractivity (Wildman–Crippen MR) is 99.2 cm³/mol. The molecule has 0 aliphatic carbocycles. The van der Waals surface area contributed by atoms with Gasteiger partial charge in [0.05, 0.1) is 0 Å². The Labute approximate surface area is 157 Å². The molecule has 1 amide bonds. The van der Waals surface area contributed by atoms with Gasteiger partial charge in [0.1, 0.15) is 10.0 Å². The van der Waals surface area contributed by atoms with E-state index in [1.165, 1.54) is 16.6 Å². The van der Waals surface area contributed by atoms with Crippen molar-refractivity contribution in [1.82, 2.24) is 14.6 Å². The molecule has 1 aromatic heterocycles. The van der Waals surface area contributed by atoms with Crippen molar-refractivity contribution in [2.75, 3.05) is 24.6 Å². The molecule has 9 heteroatoms. The van der Waals surface area contributed by atoms with Gasteiger partial charge in [-0.2, -0.15) is 16.1 Å². The van der Waals surface area contributed by atoms with Crippen LogP contribution in [0.4, 0.5) is 0 Å². The van der Waals surface area contributed by atoms with Crippen LogP contribution in [0.2, 0.25) is 5.15 Å². The third-order valence-corrected chi connectivity index (χ3v) is 8.13. The zero-order chi connectivity index (χ0) is 17.9. The van der Waals surface area contributed by atoms with E-state index in [0.29, 0.717) is 25.9 Å². The predicted octanol–water partition coefficient (Wildman–Crippen LogP) is 2.15. The van der Waals surface area contributed by atoms with E-state index in [-0.39, 0.29) is 27.9 Å². The van der Waals surface area contributed by atoms with Gasteiger partial charge in [-0.3, -0.25) is 4.79 Å². The molecule has 0 aromatic carbocycles. The van der Waals surface area contributed by atoms with Crippen molar-refractivity contribution in [1.29, 1.82) is 0 Å². The lowest BCUT2D eigenvalue weighted by Gasteiger charge is -2.32. The first-order valence-electron chi connectivity index (χ1n) is 8.47. The molecule has 0 radical (unpaired) electrons. The van der Waals surface area contributed by atoms with E-state index in [2.05, 4.69) is 10.3 Å². The second-order valence-corrected chi connectivity index (χ2v) is 9.86. The topological polar surface area (TPSA) is 79.4 Å². The number of thioether (sulfide) groups is 1. The van der Waals surface area contributed by atoms with Crippen molar-refractivity contribution in [2.24, 2.45) is 5.92 Å². The van der Waals surface area contributed by atoms with Crippen molar-refractivity contribution in [3.63, 3.8) is 0 Å². The van der Waals surface area contributed by atoms with Gasteiger partial charge < -0.3 is 5.32 Å². The standard InChI is InChI=1S/C16H22ClN3O3S2/c17-15-14(2-1-7-18-15)25(22,23)20-8-3-12(4-9-20)16(21)19-13-5-10-24-11-6-13/h1-2,7,12-13H,3-6,8-11H2,(H,19,21). The molecule has 138 valence electrons. The van der Waals surface area contributed by atoms with Gasteiger partial charge in [-0.1, -0.05) is 11.6 Å². The van der Waals surface area contributed by atoms with Gasteiger partial charge in [0.2, 0.25) is 15.9 Å². The van der Waals surface area contributed by atoms with Crippen LogP contribution in [-0.4, -0.2) is 54.3 Å². The Hall–Kier alpha value is -0.830. The molecule has 0 atom stereocenters. The quantitative estimate of drug-likeness (QED) is 0.779. The third-order valence-electron chi connectivity index (χ3n) is 4.74. The zero-order valence-corrected chi connectivity index (χ0v) is 16.2. The summed E-state index contributed by atoms with van der Waals surface area (Å²) >= 11 is 7.86. The van der Waals surface area contributed by atoms with Crippen molar-refractivity contribution in [2.45, 2.75) is 36.6 Å². The van der Waals surface area contributed by atoms with E-state index in [0.717, 1.165) is 24.3 Å². The minimum Gasteiger partial charge on any atom is -0.353 e. The minimum absolute atomic E-state index is 0.0162. The summed E-state index contributed by atoms with van der Waals surface area (Å²) < 4.78 is 26.8. The highest BCUT2D eigenvalue weighted by Crippen LogP contribution is 2.27. The van der Waals surface area contributed by atoms with Gasteiger partial charge in [0.15, 0.2) is 0 Å². The second kappa shape index (κ2) is 8.24.